The third-order valence-electron chi connectivity index (χ3n) is 7.44. The van der Waals surface area contributed by atoms with Crippen LogP contribution in [0.2, 0.25) is 0 Å². The van der Waals surface area contributed by atoms with Gasteiger partial charge in [0.15, 0.2) is 0 Å². The minimum absolute atomic E-state index is 0.0249. The van der Waals surface area contributed by atoms with Crippen molar-refractivity contribution >= 4 is 27.9 Å². The van der Waals surface area contributed by atoms with Crippen molar-refractivity contribution in [2.75, 3.05) is 27.3 Å². The van der Waals surface area contributed by atoms with Crippen LogP contribution in [0.5, 0.6) is 0 Å². The molecule has 4 rings (SSSR count). The molecule has 5 heteroatoms. The summed E-state index contributed by atoms with van der Waals surface area (Å²) in [6.45, 7) is 3.58. The number of rotatable bonds is 5. The van der Waals surface area contributed by atoms with E-state index < -0.39 is 5.54 Å². The summed E-state index contributed by atoms with van der Waals surface area (Å²) in [6, 6.07) is 16.8. The molecule has 0 radical (unpaired) electrons. The summed E-state index contributed by atoms with van der Waals surface area (Å²) in [5, 5.41) is 3.53. The van der Waals surface area contributed by atoms with Crippen molar-refractivity contribution in [3.63, 3.8) is 0 Å². The summed E-state index contributed by atoms with van der Waals surface area (Å²) in [7, 11) is 4.24. The average molecular weight is 497 g/mol. The summed E-state index contributed by atoms with van der Waals surface area (Å²) in [5.74, 6) is 0.0249. The molecule has 1 aliphatic heterocycles. The lowest BCUT2D eigenvalue weighted by Gasteiger charge is -2.55. The normalized spacial score (nSPS) is 20.0. The fraction of sp³-hybridized carbons (Fsp3) is 0.444. The number of likely N-dealkylation sites (N-methyl/N-ethyl adjacent to an activating group) is 1. The van der Waals surface area contributed by atoms with Gasteiger partial charge >= 0.3 is 0 Å². The SMILES string of the molecule is CN(C)C1(C(C)(NC(=O)C2=Cc3cc(Br)ccc3CCC2)c2ccccc2)CCOCC1. The van der Waals surface area contributed by atoms with Gasteiger partial charge in [-0.15, -0.1) is 0 Å². The van der Waals surface area contributed by atoms with E-state index >= 15 is 0 Å². The number of nitrogens with one attached hydrogen (secondary N) is 1. The van der Waals surface area contributed by atoms with Crippen molar-refractivity contribution in [3.8, 4) is 0 Å². The number of hydrogen-bond acceptors (Lipinski definition) is 3. The molecule has 2 aromatic carbocycles. The number of carbonyl (C=O) groups excluding carboxylic acids is 1. The van der Waals surface area contributed by atoms with Crippen molar-refractivity contribution in [3.05, 3.63) is 75.3 Å². The maximum absolute atomic E-state index is 13.8. The highest BCUT2D eigenvalue weighted by atomic mass is 79.9. The monoisotopic (exact) mass is 496 g/mol. The summed E-state index contributed by atoms with van der Waals surface area (Å²) in [6.07, 6.45) is 6.55. The lowest BCUT2D eigenvalue weighted by molar-refractivity contribution is -0.124. The van der Waals surface area contributed by atoms with Crippen molar-refractivity contribution in [2.45, 2.75) is 50.1 Å². The molecule has 1 atom stereocenters. The minimum atomic E-state index is -0.564. The molecule has 1 aliphatic carbocycles. The van der Waals surface area contributed by atoms with Gasteiger partial charge in [0.25, 0.3) is 0 Å². The van der Waals surface area contributed by atoms with Gasteiger partial charge in [0.05, 0.1) is 11.1 Å². The summed E-state index contributed by atoms with van der Waals surface area (Å²) in [5.41, 5.74) is 3.61. The Morgan fingerprint density at radius 1 is 1.09 bits per heavy atom. The van der Waals surface area contributed by atoms with E-state index in [1.165, 1.54) is 5.56 Å². The Morgan fingerprint density at radius 2 is 1.81 bits per heavy atom. The van der Waals surface area contributed by atoms with Crippen LogP contribution in [-0.4, -0.2) is 43.7 Å². The highest BCUT2D eigenvalue weighted by Crippen LogP contribution is 2.43. The Morgan fingerprint density at radius 3 is 2.50 bits per heavy atom. The van der Waals surface area contributed by atoms with Gasteiger partial charge in [-0.2, -0.15) is 0 Å². The number of fused-ring (bicyclic) bond motifs is 1. The van der Waals surface area contributed by atoms with Gasteiger partial charge in [-0.1, -0.05) is 52.3 Å². The first-order valence-corrected chi connectivity index (χ1v) is 12.3. The molecule has 2 aromatic rings. The van der Waals surface area contributed by atoms with Crippen LogP contribution in [-0.2, 0) is 21.5 Å². The smallest absolute Gasteiger partial charge is 0.247 e. The van der Waals surface area contributed by atoms with E-state index in [4.69, 9.17) is 4.74 Å². The van der Waals surface area contributed by atoms with Gasteiger partial charge in [-0.05, 0) is 88.0 Å². The third-order valence-corrected chi connectivity index (χ3v) is 7.94. The minimum Gasteiger partial charge on any atom is -0.381 e. The third kappa shape index (κ3) is 4.30. The molecular weight excluding hydrogens is 464 g/mol. The molecule has 1 unspecified atom stereocenters. The fourth-order valence-electron chi connectivity index (χ4n) is 5.48. The van der Waals surface area contributed by atoms with Gasteiger partial charge < -0.3 is 15.0 Å². The van der Waals surface area contributed by atoms with Crippen LogP contribution in [0.4, 0.5) is 0 Å². The van der Waals surface area contributed by atoms with E-state index in [0.717, 1.165) is 53.3 Å². The second-order valence-corrected chi connectivity index (χ2v) is 10.3. The highest BCUT2D eigenvalue weighted by molar-refractivity contribution is 9.10. The number of amides is 1. The van der Waals surface area contributed by atoms with E-state index in [1.54, 1.807) is 0 Å². The Hall–Kier alpha value is -1.95. The topological polar surface area (TPSA) is 41.6 Å². The maximum Gasteiger partial charge on any atom is 0.247 e. The summed E-state index contributed by atoms with van der Waals surface area (Å²) < 4.78 is 6.78. The van der Waals surface area contributed by atoms with E-state index in [9.17, 15) is 4.79 Å². The number of benzene rings is 2. The van der Waals surface area contributed by atoms with E-state index in [1.807, 2.05) is 6.07 Å². The first-order valence-electron chi connectivity index (χ1n) is 11.5. The summed E-state index contributed by atoms with van der Waals surface area (Å²) >= 11 is 3.58. The zero-order chi connectivity index (χ0) is 22.8. The van der Waals surface area contributed by atoms with Crippen LogP contribution < -0.4 is 5.32 Å². The average Bonchev–Trinajstić information content (AvgIpc) is 3.02. The first kappa shape index (κ1) is 23.2. The molecule has 1 fully saturated rings. The highest BCUT2D eigenvalue weighted by Gasteiger charge is 2.52. The Bertz CT molecular complexity index is 996. The molecule has 1 N–H and O–H groups in total. The standard InChI is InChI=1S/C27H33BrN2O2/c1-26(23-10-5-4-6-11-23,27(30(2)3)14-16-32-17-15-27)29-25(31)21-9-7-8-20-12-13-24(28)19-22(20)18-21/h4-6,10-13,18-19H,7-9,14-17H2,1-3H3,(H,29,31). The maximum atomic E-state index is 13.8. The lowest BCUT2D eigenvalue weighted by atomic mass is 9.67. The molecule has 1 amide bonds. The van der Waals surface area contributed by atoms with E-state index in [0.29, 0.717) is 13.2 Å². The van der Waals surface area contributed by atoms with Crippen LogP contribution in [0.15, 0.2) is 58.6 Å². The Kier molecular flexibility index (Phi) is 6.89. The molecule has 4 nitrogen and oxygen atoms in total. The molecule has 2 aliphatic rings. The van der Waals surface area contributed by atoms with Crippen LogP contribution in [0.3, 0.4) is 0 Å². The van der Waals surface area contributed by atoms with Crippen molar-refractivity contribution in [1.29, 1.82) is 0 Å². The second-order valence-electron chi connectivity index (χ2n) is 9.35. The Balaban J connectivity index is 1.74. The largest absolute Gasteiger partial charge is 0.381 e. The molecule has 0 aromatic heterocycles. The molecule has 1 saturated heterocycles. The molecule has 0 saturated carbocycles. The number of carbonyl (C=O) groups is 1. The van der Waals surface area contributed by atoms with Gasteiger partial charge in [0.1, 0.15) is 0 Å². The van der Waals surface area contributed by atoms with E-state index in [2.05, 4.69) is 95.7 Å². The van der Waals surface area contributed by atoms with Crippen LogP contribution in [0.1, 0.15) is 49.3 Å². The molecular formula is C27H33BrN2O2. The first-order chi connectivity index (χ1) is 15.4. The molecule has 32 heavy (non-hydrogen) atoms. The summed E-state index contributed by atoms with van der Waals surface area (Å²) in [4.78, 5) is 16.1. The molecule has 0 bridgehead atoms. The quantitative estimate of drug-likeness (QED) is 0.609. The number of nitrogens with zero attached hydrogens (tertiary/aromatic N) is 1. The lowest BCUT2D eigenvalue weighted by Crippen LogP contribution is -2.68. The zero-order valence-corrected chi connectivity index (χ0v) is 20.9. The number of halogens is 1. The van der Waals surface area contributed by atoms with Crippen LogP contribution in [0.25, 0.3) is 6.08 Å². The number of aryl methyl sites for hydroxylation is 1. The number of hydrogen-bond donors (Lipinski definition) is 1. The Labute approximate surface area is 200 Å². The van der Waals surface area contributed by atoms with E-state index in [-0.39, 0.29) is 11.4 Å². The predicted molar refractivity (Wildman–Crippen MR) is 133 cm³/mol. The second kappa shape index (κ2) is 9.50. The van der Waals surface area contributed by atoms with Gasteiger partial charge in [-0.3, -0.25) is 4.79 Å². The van der Waals surface area contributed by atoms with Crippen molar-refractivity contribution in [1.82, 2.24) is 10.2 Å². The predicted octanol–water partition coefficient (Wildman–Crippen LogP) is 5.31. The van der Waals surface area contributed by atoms with Gasteiger partial charge in [-0.25, -0.2) is 0 Å². The van der Waals surface area contributed by atoms with Gasteiger partial charge in [0, 0.05) is 23.3 Å². The van der Waals surface area contributed by atoms with Crippen molar-refractivity contribution in [2.24, 2.45) is 0 Å². The molecule has 1 heterocycles. The number of ether oxygens (including phenoxy) is 1. The van der Waals surface area contributed by atoms with Crippen LogP contribution >= 0.6 is 15.9 Å². The van der Waals surface area contributed by atoms with Crippen LogP contribution in [0, 0.1) is 0 Å². The zero-order valence-electron chi connectivity index (χ0n) is 19.3. The van der Waals surface area contributed by atoms with Crippen molar-refractivity contribution < 1.29 is 9.53 Å². The van der Waals surface area contributed by atoms with Gasteiger partial charge in [0.2, 0.25) is 5.91 Å². The molecule has 0 spiro atoms. The molecule has 170 valence electrons. The fourth-order valence-corrected chi connectivity index (χ4v) is 5.85.